The normalized spacial score (nSPS) is 10.2. The number of hydrogen-bond acceptors (Lipinski definition) is 2. The van der Waals surface area contributed by atoms with Crippen molar-refractivity contribution in [2.24, 2.45) is 5.92 Å². The monoisotopic (exact) mass is 198 g/mol. The van der Waals surface area contributed by atoms with Gasteiger partial charge in [0.25, 0.3) is 0 Å². The molecule has 0 bridgehead atoms. The number of carbonyl (C=O) groups excluding carboxylic acids is 1. The van der Waals surface area contributed by atoms with Crippen molar-refractivity contribution in [1.29, 1.82) is 0 Å². The van der Waals surface area contributed by atoms with Crippen molar-refractivity contribution in [2.45, 2.75) is 26.7 Å². The van der Waals surface area contributed by atoms with Crippen LogP contribution < -0.4 is 10.6 Å². The molecule has 0 atom stereocenters. The molecule has 82 valence electrons. The number of allylic oxidation sites excluding steroid dienone is 1. The molecule has 0 aliphatic heterocycles. The second-order valence-corrected chi connectivity index (χ2v) is 3.81. The first kappa shape index (κ1) is 13.2. The van der Waals surface area contributed by atoms with Crippen LogP contribution in [0, 0.1) is 5.92 Å². The molecule has 3 heteroatoms. The molecule has 0 saturated heterocycles. The smallest absolute Gasteiger partial charge is 0.233 e. The van der Waals surface area contributed by atoms with Gasteiger partial charge in [-0.25, -0.2) is 0 Å². The minimum atomic E-state index is 0.0808. The number of carbonyl (C=O) groups is 1. The van der Waals surface area contributed by atoms with Gasteiger partial charge in [0.1, 0.15) is 0 Å². The first-order valence-corrected chi connectivity index (χ1v) is 5.25. The van der Waals surface area contributed by atoms with Crippen molar-refractivity contribution in [3.05, 3.63) is 12.7 Å². The van der Waals surface area contributed by atoms with Crippen molar-refractivity contribution < 1.29 is 4.79 Å². The maximum Gasteiger partial charge on any atom is 0.233 e. The number of unbranched alkanes of at least 4 members (excludes halogenated alkanes) is 1. The van der Waals surface area contributed by atoms with E-state index >= 15 is 0 Å². The van der Waals surface area contributed by atoms with E-state index < -0.39 is 0 Å². The Kier molecular flexibility index (Phi) is 8.24. The summed E-state index contributed by atoms with van der Waals surface area (Å²) in [7, 11) is 0. The topological polar surface area (TPSA) is 41.1 Å². The molecule has 0 aromatic carbocycles. The van der Waals surface area contributed by atoms with E-state index in [1.807, 2.05) is 6.08 Å². The van der Waals surface area contributed by atoms with Gasteiger partial charge in [-0.1, -0.05) is 19.9 Å². The van der Waals surface area contributed by atoms with Crippen LogP contribution in [0.3, 0.4) is 0 Å². The van der Waals surface area contributed by atoms with Gasteiger partial charge in [0.2, 0.25) is 5.91 Å². The lowest BCUT2D eigenvalue weighted by Crippen LogP contribution is -2.36. The number of amides is 1. The first-order valence-electron chi connectivity index (χ1n) is 5.25. The van der Waals surface area contributed by atoms with Gasteiger partial charge in [-0.05, 0) is 25.3 Å². The standard InChI is InChI=1S/C11H22N2O/c1-4-5-6-7-12-9-11(14)13-8-10(2)3/h4,10,12H,1,5-9H2,2-3H3,(H,13,14). The second kappa shape index (κ2) is 8.75. The molecule has 0 unspecified atom stereocenters. The summed E-state index contributed by atoms with van der Waals surface area (Å²) in [6.07, 6.45) is 3.93. The van der Waals surface area contributed by atoms with Crippen molar-refractivity contribution in [3.63, 3.8) is 0 Å². The van der Waals surface area contributed by atoms with E-state index in [0.29, 0.717) is 12.5 Å². The minimum absolute atomic E-state index is 0.0808. The molecule has 0 aliphatic rings. The van der Waals surface area contributed by atoms with Gasteiger partial charge in [-0.2, -0.15) is 0 Å². The molecule has 14 heavy (non-hydrogen) atoms. The van der Waals surface area contributed by atoms with E-state index in [1.54, 1.807) is 0 Å². The molecule has 0 radical (unpaired) electrons. The first-order chi connectivity index (χ1) is 6.66. The van der Waals surface area contributed by atoms with Crippen molar-refractivity contribution in [1.82, 2.24) is 10.6 Å². The largest absolute Gasteiger partial charge is 0.355 e. The van der Waals surface area contributed by atoms with Gasteiger partial charge in [-0.3, -0.25) is 4.79 Å². The Bertz CT molecular complexity index is 167. The highest BCUT2D eigenvalue weighted by Gasteiger charge is 2.00. The summed E-state index contributed by atoms with van der Waals surface area (Å²) in [5.74, 6) is 0.594. The quantitative estimate of drug-likeness (QED) is 0.456. The predicted molar refractivity (Wildman–Crippen MR) is 60.1 cm³/mol. The van der Waals surface area contributed by atoms with E-state index in [1.165, 1.54) is 0 Å². The second-order valence-electron chi connectivity index (χ2n) is 3.81. The molecule has 0 fully saturated rings. The fourth-order valence-corrected chi connectivity index (χ4v) is 0.954. The Hall–Kier alpha value is -0.830. The van der Waals surface area contributed by atoms with Crippen LogP contribution in [0.2, 0.25) is 0 Å². The van der Waals surface area contributed by atoms with Gasteiger partial charge < -0.3 is 10.6 Å². The van der Waals surface area contributed by atoms with Crippen molar-refractivity contribution >= 4 is 5.91 Å². The van der Waals surface area contributed by atoms with Gasteiger partial charge in [-0.15, -0.1) is 6.58 Å². The van der Waals surface area contributed by atoms with Crippen LogP contribution in [0.25, 0.3) is 0 Å². The molecule has 0 aliphatic carbocycles. The van der Waals surface area contributed by atoms with E-state index in [0.717, 1.165) is 25.9 Å². The SMILES string of the molecule is C=CCCCNCC(=O)NCC(C)C. The highest BCUT2D eigenvalue weighted by atomic mass is 16.1. The summed E-state index contributed by atoms with van der Waals surface area (Å²) < 4.78 is 0. The lowest BCUT2D eigenvalue weighted by molar-refractivity contribution is -0.120. The summed E-state index contributed by atoms with van der Waals surface area (Å²) in [5, 5.41) is 5.94. The summed E-state index contributed by atoms with van der Waals surface area (Å²) in [6, 6.07) is 0. The number of nitrogens with one attached hydrogen (secondary N) is 2. The van der Waals surface area contributed by atoms with Crippen LogP contribution >= 0.6 is 0 Å². The van der Waals surface area contributed by atoms with E-state index in [4.69, 9.17) is 0 Å². The van der Waals surface area contributed by atoms with Crippen LogP contribution in [-0.4, -0.2) is 25.5 Å². The summed E-state index contributed by atoms with van der Waals surface area (Å²) >= 11 is 0. The predicted octanol–water partition coefficient (Wildman–Crippen LogP) is 1.31. The maximum absolute atomic E-state index is 11.2. The fourth-order valence-electron chi connectivity index (χ4n) is 0.954. The van der Waals surface area contributed by atoms with E-state index in [2.05, 4.69) is 31.1 Å². The van der Waals surface area contributed by atoms with Crippen LogP contribution in [0.5, 0.6) is 0 Å². The van der Waals surface area contributed by atoms with Crippen LogP contribution in [0.15, 0.2) is 12.7 Å². The van der Waals surface area contributed by atoms with Gasteiger partial charge in [0, 0.05) is 6.54 Å². The van der Waals surface area contributed by atoms with E-state index in [-0.39, 0.29) is 5.91 Å². The molecule has 2 N–H and O–H groups in total. The highest BCUT2D eigenvalue weighted by molar-refractivity contribution is 5.77. The lowest BCUT2D eigenvalue weighted by atomic mass is 10.2. The summed E-state index contributed by atoms with van der Waals surface area (Å²) in [6.45, 7) is 9.85. The fraction of sp³-hybridized carbons (Fsp3) is 0.727. The van der Waals surface area contributed by atoms with Crippen LogP contribution in [0.1, 0.15) is 26.7 Å². The van der Waals surface area contributed by atoms with Crippen LogP contribution in [-0.2, 0) is 4.79 Å². The average molecular weight is 198 g/mol. The van der Waals surface area contributed by atoms with E-state index in [9.17, 15) is 4.79 Å². The molecule has 3 nitrogen and oxygen atoms in total. The zero-order valence-electron chi connectivity index (χ0n) is 9.31. The third-order valence-corrected chi connectivity index (χ3v) is 1.75. The molecular weight excluding hydrogens is 176 g/mol. The molecule has 0 spiro atoms. The van der Waals surface area contributed by atoms with Gasteiger partial charge >= 0.3 is 0 Å². The highest BCUT2D eigenvalue weighted by Crippen LogP contribution is 1.87. The molecule has 0 heterocycles. The van der Waals surface area contributed by atoms with Crippen molar-refractivity contribution in [3.8, 4) is 0 Å². The Morgan fingerprint density at radius 2 is 2.21 bits per heavy atom. The molecule has 0 rings (SSSR count). The Morgan fingerprint density at radius 1 is 1.50 bits per heavy atom. The Labute approximate surface area is 87.0 Å². The molecular formula is C11H22N2O. The third kappa shape index (κ3) is 9.26. The maximum atomic E-state index is 11.2. The third-order valence-electron chi connectivity index (χ3n) is 1.75. The zero-order chi connectivity index (χ0) is 10.8. The molecule has 1 amide bonds. The zero-order valence-corrected chi connectivity index (χ0v) is 9.31. The Morgan fingerprint density at radius 3 is 2.79 bits per heavy atom. The average Bonchev–Trinajstić information content (AvgIpc) is 2.14. The van der Waals surface area contributed by atoms with Crippen LogP contribution in [0.4, 0.5) is 0 Å². The van der Waals surface area contributed by atoms with Gasteiger partial charge in [0.15, 0.2) is 0 Å². The van der Waals surface area contributed by atoms with Gasteiger partial charge in [0.05, 0.1) is 6.54 Å². The van der Waals surface area contributed by atoms with Crippen molar-refractivity contribution in [2.75, 3.05) is 19.6 Å². The minimum Gasteiger partial charge on any atom is -0.355 e. The number of rotatable bonds is 8. The summed E-state index contributed by atoms with van der Waals surface area (Å²) in [4.78, 5) is 11.2. The molecule has 0 saturated carbocycles. The Balaban J connectivity index is 3.22. The number of hydrogen-bond donors (Lipinski definition) is 2. The molecule has 0 aromatic rings. The lowest BCUT2D eigenvalue weighted by Gasteiger charge is -2.08. The molecule has 0 aromatic heterocycles. The summed E-state index contributed by atoms with van der Waals surface area (Å²) in [5.41, 5.74) is 0.